The molecule has 17 heavy (non-hydrogen) atoms. The third kappa shape index (κ3) is 4.03. The summed E-state index contributed by atoms with van der Waals surface area (Å²) in [6.07, 6.45) is 2.69. The van der Waals surface area contributed by atoms with Crippen molar-refractivity contribution in [1.29, 1.82) is 0 Å². The van der Waals surface area contributed by atoms with Crippen LogP contribution < -0.4 is 10.5 Å². The van der Waals surface area contributed by atoms with Gasteiger partial charge in [0.1, 0.15) is 0 Å². The van der Waals surface area contributed by atoms with Crippen LogP contribution in [0.4, 0.5) is 5.69 Å². The minimum absolute atomic E-state index is 0.0390. The summed E-state index contributed by atoms with van der Waals surface area (Å²) < 4.78 is 5.22. The highest BCUT2D eigenvalue weighted by Crippen LogP contribution is 2.28. The maximum atomic E-state index is 10.9. The van der Waals surface area contributed by atoms with Crippen molar-refractivity contribution in [2.45, 2.75) is 26.2 Å². The van der Waals surface area contributed by atoms with E-state index in [9.17, 15) is 10.1 Å². The number of hydrogen-bond donors (Lipinski definition) is 1. The third-order valence-corrected chi connectivity index (χ3v) is 2.44. The predicted molar refractivity (Wildman–Crippen MR) is 66.3 cm³/mol. The van der Waals surface area contributed by atoms with E-state index in [-0.39, 0.29) is 5.69 Å². The SMILES string of the molecule is CCOc1ccc(CCCCN)cc1[N+](=O)[O-]. The van der Waals surface area contributed by atoms with Gasteiger partial charge in [-0.1, -0.05) is 6.07 Å². The molecule has 0 saturated carbocycles. The number of nitro benzene ring substituents is 1. The number of benzene rings is 1. The number of nitro groups is 1. The molecule has 0 radical (unpaired) electrons. The van der Waals surface area contributed by atoms with Crippen LogP contribution in [0.3, 0.4) is 0 Å². The molecule has 0 spiro atoms. The smallest absolute Gasteiger partial charge is 0.311 e. The van der Waals surface area contributed by atoms with Crippen LogP contribution in [-0.2, 0) is 6.42 Å². The van der Waals surface area contributed by atoms with Gasteiger partial charge in [0.15, 0.2) is 5.75 Å². The lowest BCUT2D eigenvalue weighted by Crippen LogP contribution is -2.00. The molecule has 5 nitrogen and oxygen atoms in total. The highest BCUT2D eigenvalue weighted by atomic mass is 16.6. The largest absolute Gasteiger partial charge is 0.487 e. The summed E-state index contributed by atoms with van der Waals surface area (Å²) in [5.41, 5.74) is 6.40. The van der Waals surface area contributed by atoms with Gasteiger partial charge in [0.05, 0.1) is 11.5 Å². The fourth-order valence-electron chi connectivity index (χ4n) is 1.61. The Morgan fingerprint density at radius 1 is 1.41 bits per heavy atom. The first-order valence-corrected chi connectivity index (χ1v) is 5.79. The van der Waals surface area contributed by atoms with E-state index in [1.165, 1.54) is 0 Å². The molecule has 0 fully saturated rings. The number of aryl methyl sites for hydroxylation is 1. The van der Waals surface area contributed by atoms with E-state index in [4.69, 9.17) is 10.5 Å². The Labute approximate surface area is 101 Å². The second-order valence-electron chi connectivity index (χ2n) is 3.74. The lowest BCUT2D eigenvalue weighted by molar-refractivity contribution is -0.385. The Hall–Kier alpha value is -1.62. The summed E-state index contributed by atoms with van der Waals surface area (Å²) in [6, 6.07) is 5.12. The molecule has 1 aromatic carbocycles. The van der Waals surface area contributed by atoms with Crippen LogP contribution in [0.2, 0.25) is 0 Å². The van der Waals surface area contributed by atoms with Crippen molar-refractivity contribution in [3.63, 3.8) is 0 Å². The molecular formula is C12H18N2O3. The van der Waals surface area contributed by atoms with E-state index in [1.807, 2.05) is 6.07 Å². The fraction of sp³-hybridized carbons (Fsp3) is 0.500. The average Bonchev–Trinajstić information content (AvgIpc) is 2.31. The van der Waals surface area contributed by atoms with E-state index in [0.29, 0.717) is 18.9 Å². The molecule has 0 aliphatic heterocycles. The monoisotopic (exact) mass is 238 g/mol. The molecule has 0 amide bonds. The Balaban J connectivity index is 2.81. The predicted octanol–water partition coefficient (Wildman–Crippen LogP) is 2.27. The first kappa shape index (κ1) is 13.4. The van der Waals surface area contributed by atoms with Crippen LogP contribution in [0.25, 0.3) is 0 Å². The molecule has 0 aliphatic carbocycles. The second-order valence-corrected chi connectivity index (χ2v) is 3.74. The van der Waals surface area contributed by atoms with Crippen molar-refractivity contribution in [2.24, 2.45) is 5.73 Å². The summed E-state index contributed by atoms with van der Waals surface area (Å²) in [4.78, 5) is 10.5. The lowest BCUT2D eigenvalue weighted by Gasteiger charge is -2.06. The van der Waals surface area contributed by atoms with Crippen molar-refractivity contribution in [2.75, 3.05) is 13.2 Å². The number of nitrogens with zero attached hydrogens (tertiary/aromatic N) is 1. The second kappa shape index (κ2) is 6.85. The van der Waals surface area contributed by atoms with Gasteiger partial charge in [-0.25, -0.2) is 0 Å². The zero-order valence-electron chi connectivity index (χ0n) is 10.0. The Bertz CT molecular complexity index is 380. The molecule has 0 atom stereocenters. The molecule has 1 aromatic rings. The highest BCUT2D eigenvalue weighted by molar-refractivity contribution is 5.48. The van der Waals surface area contributed by atoms with Gasteiger partial charge < -0.3 is 10.5 Å². The molecule has 2 N–H and O–H groups in total. The van der Waals surface area contributed by atoms with Crippen LogP contribution in [0, 0.1) is 10.1 Å². The number of hydrogen-bond acceptors (Lipinski definition) is 4. The highest BCUT2D eigenvalue weighted by Gasteiger charge is 2.15. The zero-order valence-corrected chi connectivity index (χ0v) is 10.0. The van der Waals surface area contributed by atoms with Crippen molar-refractivity contribution < 1.29 is 9.66 Å². The maximum Gasteiger partial charge on any atom is 0.311 e. The Morgan fingerprint density at radius 2 is 2.18 bits per heavy atom. The van der Waals surface area contributed by atoms with Crippen molar-refractivity contribution in [3.05, 3.63) is 33.9 Å². The van der Waals surface area contributed by atoms with E-state index >= 15 is 0 Å². The van der Waals surface area contributed by atoms with E-state index in [1.54, 1.807) is 19.1 Å². The minimum atomic E-state index is -0.405. The molecular weight excluding hydrogens is 220 g/mol. The van der Waals surface area contributed by atoms with Gasteiger partial charge in [0.2, 0.25) is 0 Å². The first-order chi connectivity index (χ1) is 8.19. The van der Waals surface area contributed by atoms with Gasteiger partial charge in [-0.2, -0.15) is 0 Å². The van der Waals surface area contributed by atoms with E-state index in [0.717, 1.165) is 24.8 Å². The summed E-state index contributed by atoms with van der Waals surface area (Å²) in [5.74, 6) is 0.333. The summed E-state index contributed by atoms with van der Waals surface area (Å²) in [5, 5.41) is 10.9. The number of nitrogens with two attached hydrogens (primary N) is 1. The molecule has 0 heterocycles. The summed E-state index contributed by atoms with van der Waals surface area (Å²) in [6.45, 7) is 2.88. The number of unbranched alkanes of at least 4 members (excludes halogenated alkanes) is 1. The number of ether oxygens (including phenoxy) is 1. The Morgan fingerprint density at radius 3 is 2.76 bits per heavy atom. The van der Waals surface area contributed by atoms with Gasteiger partial charge >= 0.3 is 5.69 Å². The van der Waals surface area contributed by atoms with Gasteiger partial charge in [-0.3, -0.25) is 10.1 Å². The number of rotatable bonds is 7. The summed E-state index contributed by atoms with van der Waals surface area (Å²) >= 11 is 0. The van der Waals surface area contributed by atoms with Crippen molar-refractivity contribution >= 4 is 5.69 Å². The van der Waals surface area contributed by atoms with E-state index in [2.05, 4.69) is 0 Å². The normalized spacial score (nSPS) is 10.2. The molecule has 0 bridgehead atoms. The Kier molecular flexibility index (Phi) is 5.42. The van der Waals surface area contributed by atoms with Gasteiger partial charge in [0, 0.05) is 6.07 Å². The topological polar surface area (TPSA) is 78.4 Å². The molecule has 1 rings (SSSR count). The van der Waals surface area contributed by atoms with Gasteiger partial charge in [-0.05, 0) is 44.4 Å². The van der Waals surface area contributed by atoms with Crippen LogP contribution in [0.15, 0.2) is 18.2 Å². The minimum Gasteiger partial charge on any atom is -0.487 e. The van der Waals surface area contributed by atoms with Crippen LogP contribution >= 0.6 is 0 Å². The first-order valence-electron chi connectivity index (χ1n) is 5.79. The quantitative estimate of drug-likeness (QED) is 0.449. The molecule has 94 valence electrons. The maximum absolute atomic E-state index is 10.9. The average molecular weight is 238 g/mol. The molecule has 0 aromatic heterocycles. The third-order valence-electron chi connectivity index (χ3n) is 2.44. The van der Waals surface area contributed by atoms with Crippen molar-refractivity contribution in [3.8, 4) is 5.75 Å². The van der Waals surface area contributed by atoms with Gasteiger partial charge in [-0.15, -0.1) is 0 Å². The molecule has 5 heteroatoms. The lowest BCUT2D eigenvalue weighted by atomic mass is 10.1. The van der Waals surface area contributed by atoms with Crippen molar-refractivity contribution in [1.82, 2.24) is 0 Å². The van der Waals surface area contributed by atoms with Gasteiger partial charge in [0.25, 0.3) is 0 Å². The van der Waals surface area contributed by atoms with E-state index < -0.39 is 4.92 Å². The molecule has 0 unspecified atom stereocenters. The molecule has 0 aliphatic rings. The van der Waals surface area contributed by atoms with Crippen LogP contribution in [-0.4, -0.2) is 18.1 Å². The zero-order chi connectivity index (χ0) is 12.7. The standard InChI is InChI=1S/C12H18N2O3/c1-2-17-12-7-6-10(5-3-4-8-13)9-11(12)14(15)16/h6-7,9H,2-5,8,13H2,1H3. The fourth-order valence-corrected chi connectivity index (χ4v) is 1.61. The van der Waals surface area contributed by atoms with Crippen LogP contribution in [0.5, 0.6) is 5.75 Å². The van der Waals surface area contributed by atoms with Crippen LogP contribution in [0.1, 0.15) is 25.3 Å². The molecule has 0 saturated heterocycles. The summed E-state index contributed by atoms with van der Waals surface area (Å²) in [7, 11) is 0.